The van der Waals surface area contributed by atoms with Gasteiger partial charge in [-0.15, -0.1) is 0 Å². The molecule has 0 bridgehead atoms. The van der Waals surface area contributed by atoms with Crippen molar-refractivity contribution in [3.05, 3.63) is 29.8 Å². The molecule has 0 radical (unpaired) electrons. The molecule has 6 heteroatoms. The minimum absolute atomic E-state index is 0.142. The molecule has 21 heavy (non-hydrogen) atoms. The minimum Gasteiger partial charge on any atom is -0.494 e. The fourth-order valence-electron chi connectivity index (χ4n) is 2.25. The molecule has 1 saturated heterocycles. The quantitative estimate of drug-likeness (QED) is 0.604. The number of hydrogen-bond donors (Lipinski definition) is 2. The molecule has 1 fully saturated rings. The molecule has 1 amide bonds. The van der Waals surface area contributed by atoms with Crippen molar-refractivity contribution in [3.63, 3.8) is 0 Å². The van der Waals surface area contributed by atoms with Crippen LogP contribution in [-0.4, -0.2) is 48.6 Å². The molecule has 1 aromatic carbocycles. The summed E-state index contributed by atoms with van der Waals surface area (Å²) in [5.41, 5.74) is 6.42. The smallest absolute Gasteiger partial charge is 0.221 e. The molecule has 1 aromatic rings. The van der Waals surface area contributed by atoms with Crippen LogP contribution in [0.3, 0.4) is 0 Å². The summed E-state index contributed by atoms with van der Waals surface area (Å²) in [5.74, 6) is 0.927. The van der Waals surface area contributed by atoms with Gasteiger partial charge >= 0.3 is 0 Å². The summed E-state index contributed by atoms with van der Waals surface area (Å²) in [7, 11) is 0. The molecule has 5 nitrogen and oxygen atoms in total. The number of nitrogens with one attached hydrogen (secondary N) is 1. The van der Waals surface area contributed by atoms with E-state index in [1.54, 1.807) is 0 Å². The number of carbonyl (C=O) groups excluding carboxylic acids is 1. The summed E-state index contributed by atoms with van der Waals surface area (Å²) in [5, 5.41) is 2.87. The summed E-state index contributed by atoms with van der Waals surface area (Å²) >= 11 is 4.95. The molecule has 3 N–H and O–H groups in total. The zero-order chi connectivity index (χ0) is 15.1. The third-order valence-corrected chi connectivity index (χ3v) is 3.65. The molecule has 0 atom stereocenters. The van der Waals surface area contributed by atoms with E-state index in [1.165, 1.54) is 0 Å². The van der Waals surface area contributed by atoms with Crippen LogP contribution in [0.25, 0.3) is 0 Å². The van der Waals surface area contributed by atoms with Crippen molar-refractivity contribution in [2.45, 2.75) is 12.8 Å². The van der Waals surface area contributed by atoms with E-state index in [0.717, 1.165) is 43.9 Å². The zero-order valence-electron chi connectivity index (χ0n) is 12.0. The Morgan fingerprint density at radius 2 is 2.29 bits per heavy atom. The maximum Gasteiger partial charge on any atom is 0.221 e. The van der Waals surface area contributed by atoms with Gasteiger partial charge in [0.2, 0.25) is 5.91 Å². The lowest BCUT2D eigenvalue weighted by molar-refractivity contribution is -0.120. The van der Waals surface area contributed by atoms with Crippen molar-refractivity contribution in [2.24, 2.45) is 5.73 Å². The van der Waals surface area contributed by atoms with Crippen LogP contribution >= 0.6 is 12.2 Å². The fraction of sp³-hybridized carbons (Fsp3) is 0.467. The number of thiocarbonyl (C=S) groups is 1. The van der Waals surface area contributed by atoms with Gasteiger partial charge < -0.3 is 20.7 Å². The summed E-state index contributed by atoms with van der Waals surface area (Å²) in [6, 6.07) is 7.51. The first-order valence-corrected chi connectivity index (χ1v) is 7.58. The van der Waals surface area contributed by atoms with E-state index in [9.17, 15) is 4.79 Å². The van der Waals surface area contributed by atoms with E-state index < -0.39 is 0 Å². The maximum absolute atomic E-state index is 11.2. The molecular formula is C15H21N3O2S. The Labute approximate surface area is 130 Å². The normalized spacial score (nSPS) is 16.1. The number of nitrogens with two attached hydrogens (primary N) is 1. The van der Waals surface area contributed by atoms with Crippen LogP contribution in [0.2, 0.25) is 0 Å². The Balaban J connectivity index is 1.71. The largest absolute Gasteiger partial charge is 0.494 e. The van der Waals surface area contributed by atoms with E-state index in [-0.39, 0.29) is 5.91 Å². The van der Waals surface area contributed by atoms with Crippen LogP contribution in [0.1, 0.15) is 18.4 Å². The first kappa shape index (κ1) is 15.7. The van der Waals surface area contributed by atoms with Gasteiger partial charge in [-0.05, 0) is 18.6 Å². The van der Waals surface area contributed by atoms with E-state index in [2.05, 4.69) is 10.2 Å². The summed E-state index contributed by atoms with van der Waals surface area (Å²) < 4.78 is 5.72. The van der Waals surface area contributed by atoms with E-state index in [0.29, 0.717) is 18.0 Å². The van der Waals surface area contributed by atoms with Crippen molar-refractivity contribution in [1.82, 2.24) is 10.2 Å². The highest BCUT2D eigenvalue weighted by Crippen LogP contribution is 2.13. The Bertz CT molecular complexity index is 507. The van der Waals surface area contributed by atoms with Gasteiger partial charge in [-0.3, -0.25) is 4.79 Å². The van der Waals surface area contributed by atoms with Gasteiger partial charge in [0.1, 0.15) is 10.7 Å². The lowest BCUT2D eigenvalue weighted by Crippen LogP contribution is -2.30. The average Bonchev–Trinajstić information content (AvgIpc) is 2.69. The first-order chi connectivity index (χ1) is 10.1. The van der Waals surface area contributed by atoms with Gasteiger partial charge in [-0.1, -0.05) is 24.4 Å². The van der Waals surface area contributed by atoms with Crippen LogP contribution in [0.4, 0.5) is 0 Å². The predicted octanol–water partition coefficient (Wildman–Crippen LogP) is 0.912. The molecule has 2 rings (SSSR count). The number of rotatable bonds is 6. The highest BCUT2D eigenvalue weighted by Gasteiger charge is 2.12. The monoisotopic (exact) mass is 307 g/mol. The molecule has 0 aliphatic carbocycles. The minimum atomic E-state index is 0.142. The molecular weight excluding hydrogens is 286 g/mol. The Kier molecular flexibility index (Phi) is 5.95. The van der Waals surface area contributed by atoms with Gasteiger partial charge in [0.25, 0.3) is 0 Å². The number of amides is 1. The van der Waals surface area contributed by atoms with Gasteiger partial charge in [0, 0.05) is 38.2 Å². The zero-order valence-corrected chi connectivity index (χ0v) is 12.8. The van der Waals surface area contributed by atoms with Gasteiger partial charge in [-0.25, -0.2) is 0 Å². The van der Waals surface area contributed by atoms with Gasteiger partial charge in [-0.2, -0.15) is 0 Å². The van der Waals surface area contributed by atoms with E-state index in [1.807, 2.05) is 24.3 Å². The van der Waals surface area contributed by atoms with Gasteiger partial charge in [0.05, 0.1) is 6.61 Å². The topological polar surface area (TPSA) is 67.6 Å². The van der Waals surface area contributed by atoms with Crippen LogP contribution in [0.15, 0.2) is 24.3 Å². The molecule has 0 unspecified atom stereocenters. The van der Waals surface area contributed by atoms with Crippen molar-refractivity contribution in [3.8, 4) is 5.75 Å². The van der Waals surface area contributed by atoms with Crippen molar-refractivity contribution < 1.29 is 9.53 Å². The van der Waals surface area contributed by atoms with Crippen molar-refractivity contribution >= 4 is 23.1 Å². The van der Waals surface area contributed by atoms with Crippen LogP contribution in [0.5, 0.6) is 5.75 Å². The number of hydrogen-bond acceptors (Lipinski definition) is 4. The molecule has 114 valence electrons. The third kappa shape index (κ3) is 5.32. The molecule has 1 aliphatic heterocycles. The van der Waals surface area contributed by atoms with E-state index in [4.69, 9.17) is 22.7 Å². The lowest BCUT2D eigenvalue weighted by atomic mass is 10.2. The molecule has 1 aliphatic rings. The fourth-order valence-corrected chi connectivity index (χ4v) is 2.38. The molecule has 1 heterocycles. The van der Waals surface area contributed by atoms with Crippen LogP contribution in [0, 0.1) is 0 Å². The highest BCUT2D eigenvalue weighted by atomic mass is 32.1. The van der Waals surface area contributed by atoms with Crippen LogP contribution < -0.4 is 15.8 Å². The van der Waals surface area contributed by atoms with E-state index >= 15 is 0 Å². The molecule has 0 aromatic heterocycles. The van der Waals surface area contributed by atoms with Crippen molar-refractivity contribution in [2.75, 3.05) is 32.8 Å². The Hall–Kier alpha value is -1.66. The van der Waals surface area contributed by atoms with Gasteiger partial charge in [0.15, 0.2) is 0 Å². The lowest BCUT2D eigenvalue weighted by Gasteiger charge is -2.18. The molecule has 0 spiro atoms. The second kappa shape index (κ2) is 7.95. The Morgan fingerprint density at radius 3 is 3.10 bits per heavy atom. The third-order valence-electron chi connectivity index (χ3n) is 3.41. The number of benzene rings is 1. The molecule has 0 saturated carbocycles. The second-order valence-corrected chi connectivity index (χ2v) is 5.48. The summed E-state index contributed by atoms with van der Waals surface area (Å²) in [4.78, 5) is 13.9. The second-order valence-electron chi connectivity index (χ2n) is 5.04. The predicted molar refractivity (Wildman–Crippen MR) is 86.5 cm³/mol. The number of ether oxygens (including phenoxy) is 1. The first-order valence-electron chi connectivity index (χ1n) is 7.17. The van der Waals surface area contributed by atoms with Crippen LogP contribution in [-0.2, 0) is 4.79 Å². The Morgan fingerprint density at radius 1 is 1.43 bits per heavy atom. The summed E-state index contributed by atoms with van der Waals surface area (Å²) in [6.07, 6.45) is 1.50. The highest BCUT2D eigenvalue weighted by molar-refractivity contribution is 7.80. The van der Waals surface area contributed by atoms with Crippen molar-refractivity contribution in [1.29, 1.82) is 0 Å². The summed E-state index contributed by atoms with van der Waals surface area (Å²) in [6.45, 7) is 4.03. The average molecular weight is 307 g/mol. The SMILES string of the molecule is NC(=S)c1cccc(OCCCN2CCNC(=O)CC2)c1. The maximum atomic E-state index is 11.2. The number of nitrogens with zero attached hydrogens (tertiary/aromatic N) is 1. The number of carbonyl (C=O) groups is 1. The standard InChI is InChI=1S/C15H21N3O2S/c16-15(21)12-3-1-4-13(11-12)20-10-2-7-18-8-5-14(19)17-6-9-18/h1,3-4,11H,2,5-10H2,(H2,16,21)(H,17,19).